The Morgan fingerprint density at radius 1 is 1.14 bits per heavy atom. The zero-order valence-electron chi connectivity index (χ0n) is 20.2. The Kier molecular flexibility index (Phi) is 6.21. The van der Waals surface area contributed by atoms with E-state index in [4.69, 9.17) is 9.47 Å². The topological polar surface area (TPSA) is 128 Å². The van der Waals surface area contributed by atoms with Gasteiger partial charge in [-0.2, -0.15) is 4.98 Å². The molecule has 2 N–H and O–H groups in total. The number of anilines is 2. The summed E-state index contributed by atoms with van der Waals surface area (Å²) in [7, 11) is 1.55. The molecule has 0 radical (unpaired) electrons. The molecule has 37 heavy (non-hydrogen) atoms. The van der Waals surface area contributed by atoms with Crippen LogP contribution in [-0.2, 0) is 16.1 Å². The summed E-state index contributed by atoms with van der Waals surface area (Å²) in [5.74, 6) is 1.69. The van der Waals surface area contributed by atoms with Crippen molar-refractivity contribution in [2.75, 3.05) is 29.6 Å². The highest BCUT2D eigenvalue weighted by Gasteiger charge is 2.46. The highest BCUT2D eigenvalue weighted by atomic mass is 32.2. The number of aromatic nitrogens is 3. The van der Waals surface area contributed by atoms with Crippen molar-refractivity contribution in [2.24, 2.45) is 0 Å². The number of thioether (sulfide) groups is 1. The van der Waals surface area contributed by atoms with Crippen LogP contribution >= 0.6 is 11.8 Å². The molecule has 3 aliphatic rings. The predicted molar refractivity (Wildman–Crippen MR) is 138 cm³/mol. The number of amides is 2. The minimum absolute atomic E-state index is 0.101. The highest BCUT2D eigenvalue weighted by Crippen LogP contribution is 2.37. The highest BCUT2D eigenvalue weighted by molar-refractivity contribution is 8.00. The summed E-state index contributed by atoms with van der Waals surface area (Å²) in [4.78, 5) is 48.6. The Hall–Kier alpha value is -3.64. The van der Waals surface area contributed by atoms with E-state index in [9.17, 15) is 14.4 Å². The van der Waals surface area contributed by atoms with Gasteiger partial charge in [-0.25, -0.2) is 9.78 Å². The number of methoxy groups -OCH3 is 1. The van der Waals surface area contributed by atoms with Crippen molar-refractivity contribution >= 4 is 46.4 Å². The first kappa shape index (κ1) is 23.7. The van der Waals surface area contributed by atoms with Crippen LogP contribution in [0.5, 0.6) is 5.88 Å². The van der Waals surface area contributed by atoms with Gasteiger partial charge in [0.25, 0.3) is 5.56 Å². The predicted octanol–water partition coefficient (Wildman–Crippen LogP) is 2.38. The van der Waals surface area contributed by atoms with Crippen LogP contribution in [0.2, 0.25) is 0 Å². The number of ether oxygens (including phenoxy) is 2. The van der Waals surface area contributed by atoms with Gasteiger partial charge in [0.15, 0.2) is 0 Å². The van der Waals surface area contributed by atoms with Crippen molar-refractivity contribution in [1.29, 1.82) is 0 Å². The molecule has 0 aromatic carbocycles. The Morgan fingerprint density at radius 2 is 2.00 bits per heavy atom. The Balaban J connectivity index is 1.11. The summed E-state index contributed by atoms with van der Waals surface area (Å²) >= 11 is 1.43. The van der Waals surface area contributed by atoms with E-state index in [2.05, 4.69) is 20.6 Å². The van der Waals surface area contributed by atoms with Gasteiger partial charge in [0, 0.05) is 43.1 Å². The van der Waals surface area contributed by atoms with Crippen LogP contribution < -0.4 is 25.8 Å². The molecule has 6 rings (SSSR count). The molecule has 0 unspecified atom stereocenters. The fourth-order valence-electron chi connectivity index (χ4n) is 5.25. The summed E-state index contributed by atoms with van der Waals surface area (Å²) in [6, 6.07) is 10.7. The van der Waals surface area contributed by atoms with Crippen molar-refractivity contribution in [2.45, 2.75) is 48.9 Å². The molecule has 3 atom stereocenters. The van der Waals surface area contributed by atoms with E-state index in [0.29, 0.717) is 48.4 Å². The molecule has 5 heterocycles. The van der Waals surface area contributed by atoms with Gasteiger partial charge in [-0.05, 0) is 37.1 Å². The molecule has 1 saturated carbocycles. The van der Waals surface area contributed by atoms with E-state index >= 15 is 0 Å². The van der Waals surface area contributed by atoms with Gasteiger partial charge in [0.2, 0.25) is 11.8 Å². The molecule has 11 nitrogen and oxygen atoms in total. The molecule has 1 aliphatic carbocycles. The zero-order chi connectivity index (χ0) is 25.5. The van der Waals surface area contributed by atoms with Crippen molar-refractivity contribution in [3.8, 4) is 5.88 Å². The molecule has 0 spiro atoms. The van der Waals surface area contributed by atoms with Gasteiger partial charge in [0.05, 0.1) is 23.8 Å². The molecule has 192 valence electrons. The van der Waals surface area contributed by atoms with Gasteiger partial charge in [-0.15, -0.1) is 11.8 Å². The number of carbonyl (C=O) groups is 2. The van der Waals surface area contributed by atoms with E-state index in [0.717, 1.165) is 23.1 Å². The second-order valence-corrected chi connectivity index (χ2v) is 10.3. The number of nitrogens with one attached hydrogen (secondary N) is 2. The van der Waals surface area contributed by atoms with Crippen LogP contribution in [0.15, 0.2) is 46.1 Å². The lowest BCUT2D eigenvalue weighted by molar-refractivity contribution is -0.113. The van der Waals surface area contributed by atoms with Crippen LogP contribution in [0.1, 0.15) is 19.3 Å². The smallest absolute Gasteiger partial charge is 0.416 e. The molecular weight excluding hydrogens is 496 g/mol. The van der Waals surface area contributed by atoms with E-state index in [-0.39, 0.29) is 29.7 Å². The monoisotopic (exact) mass is 522 g/mol. The second kappa shape index (κ2) is 9.67. The van der Waals surface area contributed by atoms with Gasteiger partial charge in [0.1, 0.15) is 23.4 Å². The fraction of sp³-hybridized carbons (Fsp3) is 0.400. The van der Waals surface area contributed by atoms with Crippen LogP contribution in [-0.4, -0.2) is 64.1 Å². The molecule has 12 heteroatoms. The van der Waals surface area contributed by atoms with Crippen LogP contribution in [0, 0.1) is 0 Å². The standard InChI is InChI=1S/C25H26N6O5S/c1-35-21-8-2-14-3-9-22(33)30(24(14)29-21)11-10-26-15-4-5-16-17(12-15)36-25(34)31(16)19-7-6-18-23(27-19)28-20(32)13-37-18/h2-3,6-9,15-17,26H,4-5,10-13H2,1H3,(H,27,28,32)/t15-,16-,17-/m0/s1. The lowest BCUT2D eigenvalue weighted by atomic mass is 9.88. The molecule has 0 bridgehead atoms. The molecule has 3 aromatic heterocycles. The molecule has 2 aliphatic heterocycles. The molecular formula is C25H26N6O5S. The number of rotatable bonds is 6. The second-order valence-electron chi connectivity index (χ2n) is 9.27. The van der Waals surface area contributed by atoms with Gasteiger partial charge < -0.3 is 20.1 Å². The van der Waals surface area contributed by atoms with Crippen LogP contribution in [0.3, 0.4) is 0 Å². The van der Waals surface area contributed by atoms with E-state index < -0.39 is 6.09 Å². The first-order valence-corrected chi connectivity index (χ1v) is 13.2. The Bertz CT molecular complexity index is 1440. The number of pyridine rings is 3. The van der Waals surface area contributed by atoms with Crippen molar-refractivity contribution in [3.63, 3.8) is 0 Å². The number of nitrogens with zero attached hydrogens (tertiary/aromatic N) is 4. The maximum absolute atomic E-state index is 12.8. The average molecular weight is 523 g/mol. The lowest BCUT2D eigenvalue weighted by Gasteiger charge is -2.33. The van der Waals surface area contributed by atoms with Crippen LogP contribution in [0.4, 0.5) is 16.4 Å². The SMILES string of the molecule is COc1ccc2ccc(=O)n(CCN[C@H]3CC[C@H]4[C@H](C3)OC(=O)N4c3ccc4c(n3)NC(=O)CS4)c2n1. The van der Waals surface area contributed by atoms with E-state index in [1.165, 1.54) is 11.8 Å². The van der Waals surface area contributed by atoms with Crippen molar-refractivity contribution in [1.82, 2.24) is 19.9 Å². The van der Waals surface area contributed by atoms with Gasteiger partial charge >= 0.3 is 6.09 Å². The fourth-order valence-corrected chi connectivity index (χ4v) is 6.00. The third-order valence-corrected chi connectivity index (χ3v) is 8.08. The summed E-state index contributed by atoms with van der Waals surface area (Å²) in [6.07, 6.45) is 1.59. The number of fused-ring (bicyclic) bond motifs is 3. The third kappa shape index (κ3) is 4.51. The normalized spacial score (nSPS) is 22.8. The summed E-state index contributed by atoms with van der Waals surface area (Å²) in [5, 5.41) is 7.17. The average Bonchev–Trinajstić information content (AvgIpc) is 3.24. The first-order valence-electron chi connectivity index (χ1n) is 12.2. The largest absolute Gasteiger partial charge is 0.481 e. The number of hydrogen-bond donors (Lipinski definition) is 2. The molecule has 3 aromatic rings. The Labute approximate surface area is 216 Å². The summed E-state index contributed by atoms with van der Waals surface area (Å²) < 4.78 is 12.6. The number of carbonyl (C=O) groups excluding carboxylic acids is 2. The number of hydrogen-bond acceptors (Lipinski definition) is 9. The van der Waals surface area contributed by atoms with Crippen molar-refractivity contribution < 1.29 is 19.1 Å². The zero-order valence-corrected chi connectivity index (χ0v) is 21.0. The maximum Gasteiger partial charge on any atom is 0.416 e. The Morgan fingerprint density at radius 3 is 2.86 bits per heavy atom. The summed E-state index contributed by atoms with van der Waals surface area (Å²) in [6.45, 7) is 1.02. The third-order valence-electron chi connectivity index (χ3n) is 7.03. The minimum atomic E-state index is -0.416. The quantitative estimate of drug-likeness (QED) is 0.501. The molecule has 2 fully saturated rings. The molecule has 2 amide bonds. The maximum atomic E-state index is 12.8. The molecule has 1 saturated heterocycles. The van der Waals surface area contributed by atoms with Gasteiger partial charge in [-0.3, -0.25) is 19.1 Å². The van der Waals surface area contributed by atoms with Crippen LogP contribution in [0.25, 0.3) is 11.0 Å². The first-order chi connectivity index (χ1) is 18.0. The summed E-state index contributed by atoms with van der Waals surface area (Å²) in [5.41, 5.74) is 0.469. The van der Waals surface area contributed by atoms with Crippen molar-refractivity contribution in [3.05, 3.63) is 46.8 Å². The lowest BCUT2D eigenvalue weighted by Crippen LogP contribution is -2.46. The minimum Gasteiger partial charge on any atom is -0.481 e. The van der Waals surface area contributed by atoms with Gasteiger partial charge in [-0.1, -0.05) is 0 Å². The van der Waals surface area contributed by atoms with E-state index in [1.54, 1.807) is 34.8 Å². The van der Waals surface area contributed by atoms with E-state index in [1.807, 2.05) is 18.2 Å².